The Kier molecular flexibility index (Phi) is 4.07. The van der Waals surface area contributed by atoms with Gasteiger partial charge in [-0.05, 0) is 41.5 Å². The molecule has 0 spiro atoms. The molecule has 1 saturated heterocycles. The van der Waals surface area contributed by atoms with Crippen molar-refractivity contribution >= 4 is 22.6 Å². The number of pyridine rings is 1. The van der Waals surface area contributed by atoms with Gasteiger partial charge in [0, 0.05) is 30.4 Å². The first kappa shape index (κ1) is 15.6. The first-order chi connectivity index (χ1) is 12.2. The number of aromatic carboxylic acids is 1. The molecule has 0 amide bonds. The number of carboxylic acids is 1. The number of hydrogen-bond donors (Lipinski definition) is 1. The van der Waals surface area contributed by atoms with Crippen molar-refractivity contribution < 1.29 is 14.6 Å². The summed E-state index contributed by atoms with van der Waals surface area (Å²) >= 11 is 0. The lowest BCUT2D eigenvalue weighted by Gasteiger charge is -2.28. The Labute approximate surface area is 145 Å². The van der Waals surface area contributed by atoms with Gasteiger partial charge in [-0.15, -0.1) is 0 Å². The van der Waals surface area contributed by atoms with E-state index in [4.69, 9.17) is 4.74 Å². The maximum atomic E-state index is 11.4. The Morgan fingerprint density at radius 3 is 2.44 bits per heavy atom. The van der Waals surface area contributed by atoms with Crippen LogP contribution in [-0.4, -0.2) is 42.4 Å². The number of ether oxygens (including phenoxy) is 1. The van der Waals surface area contributed by atoms with E-state index in [1.54, 1.807) is 0 Å². The van der Waals surface area contributed by atoms with Crippen molar-refractivity contribution in [2.24, 2.45) is 0 Å². The zero-order valence-corrected chi connectivity index (χ0v) is 13.7. The summed E-state index contributed by atoms with van der Waals surface area (Å²) in [5.41, 5.74) is 4.18. The number of aromatic nitrogens is 1. The van der Waals surface area contributed by atoms with Crippen LogP contribution in [0.1, 0.15) is 10.4 Å². The predicted octanol–water partition coefficient (Wildman–Crippen LogP) is 3.44. The first-order valence-corrected chi connectivity index (χ1v) is 8.27. The fourth-order valence-corrected chi connectivity index (χ4v) is 3.20. The molecule has 5 nitrogen and oxygen atoms in total. The Morgan fingerprint density at radius 2 is 1.72 bits per heavy atom. The highest BCUT2D eigenvalue weighted by atomic mass is 16.5. The third-order valence-electron chi connectivity index (χ3n) is 4.55. The summed E-state index contributed by atoms with van der Waals surface area (Å²) in [5, 5.41) is 10.0. The topological polar surface area (TPSA) is 62.7 Å². The summed E-state index contributed by atoms with van der Waals surface area (Å²) in [6, 6.07) is 15.6. The molecule has 25 heavy (non-hydrogen) atoms. The van der Waals surface area contributed by atoms with E-state index in [0.29, 0.717) is 10.9 Å². The van der Waals surface area contributed by atoms with Crippen LogP contribution in [0, 0.1) is 0 Å². The number of hydrogen-bond acceptors (Lipinski definition) is 4. The van der Waals surface area contributed by atoms with Gasteiger partial charge in [0.1, 0.15) is 0 Å². The quantitative estimate of drug-likeness (QED) is 0.795. The van der Waals surface area contributed by atoms with Crippen LogP contribution in [0.3, 0.4) is 0 Å². The second-order valence-corrected chi connectivity index (χ2v) is 6.04. The van der Waals surface area contributed by atoms with Crippen LogP contribution in [-0.2, 0) is 4.74 Å². The lowest BCUT2D eigenvalue weighted by Crippen LogP contribution is -2.36. The molecule has 0 radical (unpaired) electrons. The molecule has 0 atom stereocenters. The van der Waals surface area contributed by atoms with Crippen molar-refractivity contribution in [3.8, 4) is 11.1 Å². The molecule has 3 aromatic rings. The maximum absolute atomic E-state index is 11.4. The molecule has 126 valence electrons. The lowest BCUT2D eigenvalue weighted by molar-refractivity contribution is 0.0699. The second kappa shape index (κ2) is 6.53. The van der Waals surface area contributed by atoms with Gasteiger partial charge in [0.15, 0.2) is 0 Å². The van der Waals surface area contributed by atoms with E-state index in [9.17, 15) is 9.90 Å². The fourth-order valence-electron chi connectivity index (χ4n) is 3.20. The van der Waals surface area contributed by atoms with Gasteiger partial charge in [-0.2, -0.15) is 0 Å². The predicted molar refractivity (Wildman–Crippen MR) is 97.2 cm³/mol. The molecule has 1 N–H and O–H groups in total. The molecule has 4 rings (SSSR count). The minimum atomic E-state index is -0.938. The van der Waals surface area contributed by atoms with Gasteiger partial charge in [-0.25, -0.2) is 4.79 Å². The molecule has 0 bridgehead atoms. The van der Waals surface area contributed by atoms with Crippen LogP contribution >= 0.6 is 0 Å². The number of rotatable bonds is 3. The lowest BCUT2D eigenvalue weighted by atomic mass is 10.0. The van der Waals surface area contributed by atoms with Crippen LogP contribution in [0.15, 0.2) is 54.7 Å². The van der Waals surface area contributed by atoms with Gasteiger partial charge < -0.3 is 14.7 Å². The van der Waals surface area contributed by atoms with Gasteiger partial charge in [-0.1, -0.05) is 18.2 Å². The average molecular weight is 334 g/mol. The number of carboxylic acid groups (broad SMARTS) is 1. The molecule has 0 saturated carbocycles. The smallest absolute Gasteiger partial charge is 0.336 e. The molecule has 2 heterocycles. The minimum absolute atomic E-state index is 0.275. The van der Waals surface area contributed by atoms with E-state index in [-0.39, 0.29) is 5.56 Å². The summed E-state index contributed by atoms with van der Waals surface area (Å²) in [4.78, 5) is 18.0. The van der Waals surface area contributed by atoms with Crippen LogP contribution in [0.2, 0.25) is 0 Å². The largest absolute Gasteiger partial charge is 0.478 e. The normalized spacial score (nSPS) is 14.6. The van der Waals surface area contributed by atoms with E-state index < -0.39 is 5.97 Å². The number of nitrogens with zero attached hydrogens (tertiary/aromatic N) is 2. The van der Waals surface area contributed by atoms with Gasteiger partial charge >= 0.3 is 5.97 Å². The standard InChI is InChI=1S/C20H18N2O3/c23-20(24)17-7-8-21-19-6-3-15(13-18(17)19)14-1-4-16(5-2-14)22-9-11-25-12-10-22/h1-8,13H,9-12H2,(H,23,24). The molecule has 5 heteroatoms. The number of carbonyl (C=O) groups is 1. The SMILES string of the molecule is O=C(O)c1ccnc2ccc(-c3ccc(N4CCOCC4)cc3)cc12. The molecule has 1 aromatic heterocycles. The van der Waals surface area contributed by atoms with Gasteiger partial charge in [0.25, 0.3) is 0 Å². The van der Waals surface area contributed by atoms with E-state index in [1.807, 2.05) is 18.2 Å². The highest BCUT2D eigenvalue weighted by molar-refractivity contribution is 6.03. The summed E-state index contributed by atoms with van der Waals surface area (Å²) in [6.07, 6.45) is 1.53. The molecule has 0 aliphatic carbocycles. The molecule has 1 aliphatic heterocycles. The zero-order valence-electron chi connectivity index (χ0n) is 13.7. The van der Waals surface area contributed by atoms with Crippen molar-refractivity contribution in [2.75, 3.05) is 31.2 Å². The molecule has 1 fully saturated rings. The highest BCUT2D eigenvalue weighted by Crippen LogP contribution is 2.27. The maximum Gasteiger partial charge on any atom is 0.336 e. The number of benzene rings is 2. The Morgan fingerprint density at radius 1 is 1.00 bits per heavy atom. The number of morpholine rings is 1. The fraction of sp³-hybridized carbons (Fsp3) is 0.200. The zero-order chi connectivity index (χ0) is 17.2. The second-order valence-electron chi connectivity index (χ2n) is 6.04. The van der Waals surface area contributed by atoms with Gasteiger partial charge in [-0.3, -0.25) is 4.98 Å². The van der Waals surface area contributed by atoms with Crippen LogP contribution in [0.4, 0.5) is 5.69 Å². The van der Waals surface area contributed by atoms with E-state index in [1.165, 1.54) is 18.0 Å². The summed E-state index contributed by atoms with van der Waals surface area (Å²) < 4.78 is 5.39. The summed E-state index contributed by atoms with van der Waals surface area (Å²) in [7, 11) is 0. The van der Waals surface area contributed by atoms with Crippen molar-refractivity contribution in [1.82, 2.24) is 4.98 Å². The first-order valence-electron chi connectivity index (χ1n) is 8.27. The highest BCUT2D eigenvalue weighted by Gasteiger charge is 2.12. The molecule has 1 aliphatic rings. The van der Waals surface area contributed by atoms with Crippen LogP contribution in [0.5, 0.6) is 0 Å². The molecule has 2 aromatic carbocycles. The Balaban J connectivity index is 1.69. The average Bonchev–Trinajstić information content (AvgIpc) is 2.68. The summed E-state index contributed by atoms with van der Waals surface area (Å²) in [6.45, 7) is 3.33. The van der Waals surface area contributed by atoms with Crippen molar-refractivity contribution in [3.63, 3.8) is 0 Å². The molecular formula is C20H18N2O3. The molecular weight excluding hydrogens is 316 g/mol. The molecule has 0 unspecified atom stereocenters. The third-order valence-corrected chi connectivity index (χ3v) is 4.55. The van der Waals surface area contributed by atoms with Crippen LogP contribution in [0.25, 0.3) is 22.0 Å². The Bertz CT molecular complexity index is 916. The van der Waals surface area contributed by atoms with E-state index in [0.717, 1.165) is 37.4 Å². The minimum Gasteiger partial charge on any atom is -0.478 e. The van der Waals surface area contributed by atoms with Crippen molar-refractivity contribution in [1.29, 1.82) is 0 Å². The van der Waals surface area contributed by atoms with Gasteiger partial charge in [0.2, 0.25) is 0 Å². The van der Waals surface area contributed by atoms with Crippen LogP contribution < -0.4 is 4.90 Å². The summed E-state index contributed by atoms with van der Waals surface area (Å²) in [5.74, 6) is -0.938. The number of fused-ring (bicyclic) bond motifs is 1. The monoisotopic (exact) mass is 334 g/mol. The van der Waals surface area contributed by atoms with Crippen molar-refractivity contribution in [3.05, 3.63) is 60.3 Å². The number of anilines is 1. The Hall–Kier alpha value is -2.92. The third kappa shape index (κ3) is 3.06. The van der Waals surface area contributed by atoms with Crippen molar-refractivity contribution in [2.45, 2.75) is 0 Å². The van der Waals surface area contributed by atoms with E-state index >= 15 is 0 Å². The van der Waals surface area contributed by atoms with E-state index in [2.05, 4.69) is 34.1 Å². The van der Waals surface area contributed by atoms with Gasteiger partial charge in [0.05, 0.1) is 24.3 Å².